The quantitative estimate of drug-likeness (QED) is 0.893. The molecule has 2 aromatic rings. The molecule has 2 heterocycles. The molecule has 0 atom stereocenters. The summed E-state index contributed by atoms with van der Waals surface area (Å²) in [6.45, 7) is 5.92. The van der Waals surface area contributed by atoms with Crippen molar-refractivity contribution in [3.05, 3.63) is 36.0 Å². The van der Waals surface area contributed by atoms with Crippen LogP contribution < -0.4 is 0 Å². The van der Waals surface area contributed by atoms with Gasteiger partial charge in [-0.3, -0.25) is 4.79 Å². The summed E-state index contributed by atoms with van der Waals surface area (Å²) in [5.41, 5.74) is 1.72. The number of nitrogens with zero attached hydrogens (tertiary/aromatic N) is 1. The first-order valence-electron chi connectivity index (χ1n) is 7.96. The van der Waals surface area contributed by atoms with Crippen LogP contribution in [0.15, 0.2) is 30.5 Å². The van der Waals surface area contributed by atoms with E-state index in [9.17, 15) is 4.79 Å². The number of likely N-dealkylation sites (tertiary alicyclic amines) is 1. The van der Waals surface area contributed by atoms with Crippen molar-refractivity contribution in [2.45, 2.75) is 44.9 Å². The van der Waals surface area contributed by atoms with Gasteiger partial charge < -0.3 is 9.88 Å². The second kappa shape index (κ2) is 5.55. The summed E-state index contributed by atoms with van der Waals surface area (Å²) in [7, 11) is 0. The molecule has 0 bridgehead atoms. The summed E-state index contributed by atoms with van der Waals surface area (Å²) in [5.74, 6) is 0.258. The average Bonchev–Trinajstić information content (AvgIpc) is 2.74. The van der Waals surface area contributed by atoms with Crippen molar-refractivity contribution in [3.63, 3.8) is 0 Å². The number of carbonyl (C=O) groups excluding carboxylic acids is 1. The monoisotopic (exact) mass is 284 g/mol. The Kier molecular flexibility index (Phi) is 3.75. The Morgan fingerprint density at radius 1 is 1.10 bits per heavy atom. The van der Waals surface area contributed by atoms with Crippen molar-refractivity contribution in [1.82, 2.24) is 9.88 Å². The van der Waals surface area contributed by atoms with Crippen LogP contribution in [0.2, 0.25) is 0 Å². The lowest BCUT2D eigenvalue weighted by Gasteiger charge is -2.31. The van der Waals surface area contributed by atoms with Crippen LogP contribution in [-0.2, 0) is 10.2 Å². The van der Waals surface area contributed by atoms with Crippen molar-refractivity contribution in [3.8, 4) is 0 Å². The molecule has 1 aliphatic rings. The Balaban J connectivity index is 1.93. The number of fused-ring (bicyclic) bond motifs is 1. The fraction of sp³-hybridized carbons (Fsp3) is 0.500. The lowest BCUT2D eigenvalue weighted by atomic mass is 9.83. The fourth-order valence-electron chi connectivity index (χ4n) is 3.37. The highest BCUT2D eigenvalue weighted by Crippen LogP contribution is 2.32. The fourth-order valence-corrected chi connectivity index (χ4v) is 3.37. The molecule has 3 heteroatoms. The van der Waals surface area contributed by atoms with Crippen LogP contribution >= 0.6 is 0 Å². The summed E-state index contributed by atoms with van der Waals surface area (Å²) in [5, 5.41) is 1.16. The number of H-pyrrole nitrogens is 1. The van der Waals surface area contributed by atoms with Crippen molar-refractivity contribution < 1.29 is 4.79 Å². The highest BCUT2D eigenvalue weighted by atomic mass is 16.2. The van der Waals surface area contributed by atoms with E-state index in [1.54, 1.807) is 0 Å². The largest absolute Gasteiger partial charge is 0.361 e. The maximum absolute atomic E-state index is 13.0. The van der Waals surface area contributed by atoms with Gasteiger partial charge in [0, 0.05) is 30.2 Å². The van der Waals surface area contributed by atoms with Gasteiger partial charge in [0.25, 0.3) is 0 Å². The van der Waals surface area contributed by atoms with Crippen molar-refractivity contribution in [2.75, 3.05) is 13.1 Å². The number of aromatic amines is 1. The van der Waals surface area contributed by atoms with Crippen molar-refractivity contribution in [2.24, 2.45) is 0 Å². The van der Waals surface area contributed by atoms with E-state index in [0.29, 0.717) is 0 Å². The lowest BCUT2D eigenvalue weighted by Crippen LogP contribution is -2.43. The van der Waals surface area contributed by atoms with E-state index in [4.69, 9.17) is 0 Å². The Bertz CT molecular complexity index is 633. The second-order valence-corrected chi connectivity index (χ2v) is 6.58. The minimum atomic E-state index is -0.482. The summed E-state index contributed by atoms with van der Waals surface area (Å²) >= 11 is 0. The van der Waals surface area contributed by atoms with E-state index in [2.05, 4.69) is 35.9 Å². The van der Waals surface area contributed by atoms with Gasteiger partial charge in [-0.25, -0.2) is 0 Å². The molecule has 0 aliphatic carbocycles. The third-order valence-corrected chi connectivity index (χ3v) is 4.69. The van der Waals surface area contributed by atoms with Gasteiger partial charge in [-0.1, -0.05) is 31.0 Å². The van der Waals surface area contributed by atoms with Crippen molar-refractivity contribution in [1.29, 1.82) is 0 Å². The molecule has 3 rings (SSSR count). The Morgan fingerprint density at radius 2 is 1.76 bits per heavy atom. The number of rotatable bonds is 2. The highest BCUT2D eigenvalue weighted by Gasteiger charge is 2.35. The minimum absolute atomic E-state index is 0.258. The average molecular weight is 284 g/mol. The van der Waals surface area contributed by atoms with E-state index >= 15 is 0 Å². The molecule has 1 aliphatic heterocycles. The standard InChI is InChI=1S/C18H24N2O/c1-18(2,17(21)20-11-7-3-4-8-12-20)15-13-19-16-10-6-5-9-14(15)16/h5-6,9-10,13,19H,3-4,7-8,11-12H2,1-2H3. The number of hydrogen-bond acceptors (Lipinski definition) is 1. The van der Waals surface area contributed by atoms with Crippen LogP contribution in [0.1, 0.15) is 45.1 Å². The zero-order chi connectivity index (χ0) is 14.9. The zero-order valence-corrected chi connectivity index (χ0v) is 13.0. The van der Waals surface area contributed by atoms with Crippen LogP contribution in [0.5, 0.6) is 0 Å². The van der Waals surface area contributed by atoms with Crippen LogP contribution in [-0.4, -0.2) is 28.9 Å². The molecule has 0 saturated carbocycles. The van der Waals surface area contributed by atoms with E-state index < -0.39 is 5.41 Å². The third-order valence-electron chi connectivity index (χ3n) is 4.69. The smallest absolute Gasteiger partial charge is 0.232 e. The number of carbonyl (C=O) groups is 1. The lowest BCUT2D eigenvalue weighted by molar-refractivity contribution is -0.136. The van der Waals surface area contributed by atoms with Gasteiger partial charge in [0.05, 0.1) is 5.41 Å². The van der Waals surface area contributed by atoms with Crippen LogP contribution in [0, 0.1) is 0 Å². The van der Waals surface area contributed by atoms with E-state index in [1.807, 2.05) is 18.3 Å². The Labute approximate surface area is 126 Å². The maximum atomic E-state index is 13.0. The van der Waals surface area contributed by atoms with Gasteiger partial charge in [-0.2, -0.15) is 0 Å². The first kappa shape index (κ1) is 14.2. The summed E-state index contributed by atoms with van der Waals surface area (Å²) < 4.78 is 0. The molecule has 0 radical (unpaired) electrons. The van der Waals surface area contributed by atoms with Gasteiger partial charge in [0.15, 0.2) is 0 Å². The number of nitrogens with one attached hydrogen (secondary N) is 1. The SMILES string of the molecule is CC(C)(C(=O)N1CCCCCC1)c1c[nH]c2ccccc12. The van der Waals surface area contributed by atoms with Gasteiger partial charge in [0.1, 0.15) is 0 Å². The van der Waals surface area contributed by atoms with Crippen LogP contribution in [0.25, 0.3) is 10.9 Å². The molecule has 0 unspecified atom stereocenters. The first-order valence-corrected chi connectivity index (χ1v) is 7.96. The Hall–Kier alpha value is -1.77. The number of para-hydroxylation sites is 1. The van der Waals surface area contributed by atoms with Crippen LogP contribution in [0.4, 0.5) is 0 Å². The van der Waals surface area contributed by atoms with Gasteiger partial charge in [-0.05, 0) is 38.3 Å². The molecule has 112 valence electrons. The molecule has 0 spiro atoms. The predicted molar refractivity (Wildman–Crippen MR) is 86.4 cm³/mol. The van der Waals surface area contributed by atoms with E-state index in [0.717, 1.165) is 42.4 Å². The summed E-state index contributed by atoms with van der Waals surface area (Å²) in [6, 6.07) is 8.21. The molecule has 1 aromatic heterocycles. The summed E-state index contributed by atoms with van der Waals surface area (Å²) in [6.07, 6.45) is 6.76. The number of benzene rings is 1. The minimum Gasteiger partial charge on any atom is -0.361 e. The maximum Gasteiger partial charge on any atom is 0.232 e. The van der Waals surface area contributed by atoms with E-state index in [1.165, 1.54) is 12.8 Å². The normalized spacial score (nSPS) is 17.0. The topological polar surface area (TPSA) is 36.1 Å². The first-order chi connectivity index (χ1) is 10.1. The number of hydrogen-bond donors (Lipinski definition) is 1. The predicted octanol–water partition coefficient (Wildman–Crippen LogP) is 3.85. The highest BCUT2D eigenvalue weighted by molar-refractivity contribution is 5.94. The second-order valence-electron chi connectivity index (χ2n) is 6.58. The number of aromatic nitrogens is 1. The zero-order valence-electron chi connectivity index (χ0n) is 13.0. The third kappa shape index (κ3) is 2.57. The summed E-state index contributed by atoms with van der Waals surface area (Å²) in [4.78, 5) is 18.4. The molecule has 3 nitrogen and oxygen atoms in total. The molecule has 1 N–H and O–H groups in total. The number of amides is 1. The molecule has 21 heavy (non-hydrogen) atoms. The van der Waals surface area contributed by atoms with Crippen LogP contribution in [0.3, 0.4) is 0 Å². The molecule has 1 fully saturated rings. The molecule has 1 amide bonds. The Morgan fingerprint density at radius 3 is 2.48 bits per heavy atom. The van der Waals surface area contributed by atoms with Gasteiger partial charge in [0.2, 0.25) is 5.91 Å². The van der Waals surface area contributed by atoms with Gasteiger partial charge in [-0.15, -0.1) is 0 Å². The molecular formula is C18H24N2O. The van der Waals surface area contributed by atoms with Crippen molar-refractivity contribution >= 4 is 16.8 Å². The van der Waals surface area contributed by atoms with E-state index in [-0.39, 0.29) is 5.91 Å². The van der Waals surface area contributed by atoms with Gasteiger partial charge >= 0.3 is 0 Å². The molecule has 1 saturated heterocycles. The molecular weight excluding hydrogens is 260 g/mol. The molecule has 1 aromatic carbocycles.